The van der Waals surface area contributed by atoms with Crippen molar-refractivity contribution in [1.29, 1.82) is 5.41 Å². The molecule has 2 aromatic heterocycles. The van der Waals surface area contributed by atoms with Crippen molar-refractivity contribution < 1.29 is 0 Å². The minimum atomic E-state index is -0.0595. The number of nitrogens with zero attached hydrogens (tertiary/aromatic N) is 4. The van der Waals surface area contributed by atoms with Gasteiger partial charge in [0, 0.05) is 53.6 Å². The molecule has 0 atom stereocenters. The molecule has 7 nitrogen and oxygen atoms in total. The molecule has 2 heterocycles. The Hall–Kier alpha value is -3.19. The summed E-state index contributed by atoms with van der Waals surface area (Å²) in [6.45, 7) is 6.39. The van der Waals surface area contributed by atoms with Gasteiger partial charge in [0.05, 0.1) is 17.1 Å². The normalized spacial score (nSPS) is 15.4. The van der Waals surface area contributed by atoms with Gasteiger partial charge in [-0.15, -0.1) is 0 Å². The maximum Gasteiger partial charge on any atom is 0.228 e. The molecule has 1 aromatic carbocycles. The van der Waals surface area contributed by atoms with Gasteiger partial charge in [-0.25, -0.2) is 9.97 Å². The number of hydrogen-bond acceptors (Lipinski definition) is 6. The number of fused-ring (bicyclic) bond motifs is 1. The predicted molar refractivity (Wildman–Crippen MR) is 131 cm³/mol. The van der Waals surface area contributed by atoms with E-state index in [1.807, 2.05) is 50.6 Å². The zero-order chi connectivity index (χ0) is 23.0. The number of anilines is 2. The molecule has 3 N–H and O–H groups in total. The van der Waals surface area contributed by atoms with E-state index in [0.29, 0.717) is 23.1 Å². The van der Waals surface area contributed by atoms with Crippen LogP contribution in [0.1, 0.15) is 49.7 Å². The monoisotopic (exact) mass is 449 g/mol. The van der Waals surface area contributed by atoms with E-state index in [1.165, 1.54) is 0 Å². The predicted octanol–water partition coefficient (Wildman–Crippen LogP) is 4.96. The van der Waals surface area contributed by atoms with Crippen LogP contribution in [0, 0.1) is 5.41 Å². The van der Waals surface area contributed by atoms with Crippen molar-refractivity contribution in [2.75, 3.05) is 12.4 Å². The van der Waals surface area contributed by atoms with Crippen LogP contribution >= 0.6 is 11.6 Å². The smallest absolute Gasteiger partial charge is 0.228 e. The van der Waals surface area contributed by atoms with Crippen LogP contribution in [0.15, 0.2) is 36.5 Å². The molecule has 0 saturated carbocycles. The second kappa shape index (κ2) is 8.39. The fourth-order valence-electron chi connectivity index (χ4n) is 3.79. The number of rotatable bonds is 4. The fourth-order valence-corrected chi connectivity index (χ4v) is 4.02. The number of benzene rings is 1. The molecule has 0 bridgehead atoms. The maximum atomic E-state index is 8.69. The summed E-state index contributed by atoms with van der Waals surface area (Å²) in [5.74, 6) is 1.28. The van der Waals surface area contributed by atoms with Crippen LogP contribution in [0.25, 0.3) is 11.3 Å². The van der Waals surface area contributed by atoms with Crippen LogP contribution in [0.5, 0.6) is 0 Å². The summed E-state index contributed by atoms with van der Waals surface area (Å²) in [4.78, 5) is 9.36. The van der Waals surface area contributed by atoms with Gasteiger partial charge < -0.3 is 16.0 Å². The van der Waals surface area contributed by atoms with E-state index in [9.17, 15) is 0 Å². The number of aromatic nitrogens is 4. The number of nitrogens with one attached hydrogen (secondary N) is 3. The average Bonchev–Trinajstić information content (AvgIpc) is 3.12. The number of hydrogen-bond donors (Lipinski definition) is 3. The highest BCUT2D eigenvalue weighted by Gasteiger charge is 2.26. The van der Waals surface area contributed by atoms with Gasteiger partial charge in [0.1, 0.15) is 5.82 Å². The highest BCUT2D eigenvalue weighted by atomic mass is 35.5. The molecule has 0 amide bonds. The van der Waals surface area contributed by atoms with Crippen molar-refractivity contribution in [1.82, 2.24) is 25.1 Å². The van der Waals surface area contributed by atoms with Gasteiger partial charge in [-0.3, -0.25) is 4.68 Å². The van der Waals surface area contributed by atoms with Gasteiger partial charge in [-0.1, -0.05) is 50.6 Å². The Morgan fingerprint density at radius 3 is 2.59 bits per heavy atom. The summed E-state index contributed by atoms with van der Waals surface area (Å²) in [7, 11) is 3.74. The van der Waals surface area contributed by atoms with E-state index in [0.717, 1.165) is 46.0 Å². The average molecular weight is 450 g/mol. The first-order valence-corrected chi connectivity index (χ1v) is 11.0. The van der Waals surface area contributed by atoms with Gasteiger partial charge in [0.15, 0.2) is 0 Å². The molecular weight excluding hydrogens is 422 g/mol. The van der Waals surface area contributed by atoms with Crippen LogP contribution in [-0.2, 0) is 18.9 Å². The van der Waals surface area contributed by atoms with E-state index < -0.39 is 0 Å². The molecule has 0 fully saturated rings. The molecule has 166 valence electrons. The lowest BCUT2D eigenvalue weighted by Gasteiger charge is -2.23. The Morgan fingerprint density at radius 1 is 1.19 bits per heavy atom. The Balaban J connectivity index is 1.80. The third-order valence-electron chi connectivity index (χ3n) is 5.58. The van der Waals surface area contributed by atoms with E-state index in [4.69, 9.17) is 22.0 Å². The Kier molecular flexibility index (Phi) is 5.77. The Labute approximate surface area is 193 Å². The largest absolute Gasteiger partial charge is 0.387 e. The van der Waals surface area contributed by atoms with Crippen LogP contribution in [-0.4, -0.2) is 32.5 Å². The molecule has 32 heavy (non-hydrogen) atoms. The lowest BCUT2D eigenvalue weighted by Crippen LogP contribution is -2.20. The molecule has 0 radical (unpaired) electrons. The van der Waals surface area contributed by atoms with Crippen molar-refractivity contribution >= 4 is 40.3 Å². The zero-order valence-electron chi connectivity index (χ0n) is 19.0. The van der Waals surface area contributed by atoms with Crippen LogP contribution < -0.4 is 10.6 Å². The number of allylic oxidation sites excluding steroid dienone is 1. The van der Waals surface area contributed by atoms with Gasteiger partial charge in [-0.2, -0.15) is 5.10 Å². The topological polar surface area (TPSA) is 91.5 Å². The van der Waals surface area contributed by atoms with Crippen molar-refractivity contribution in [3.8, 4) is 0 Å². The number of halogens is 1. The lowest BCUT2D eigenvalue weighted by atomic mass is 9.87. The summed E-state index contributed by atoms with van der Waals surface area (Å²) in [6, 6.07) is 9.66. The molecule has 3 aromatic rings. The summed E-state index contributed by atoms with van der Waals surface area (Å²) in [5, 5.41) is 20.5. The van der Waals surface area contributed by atoms with E-state index in [1.54, 1.807) is 4.68 Å². The van der Waals surface area contributed by atoms with E-state index in [2.05, 4.69) is 41.5 Å². The summed E-state index contributed by atoms with van der Waals surface area (Å²) in [6.07, 6.45) is 3.21. The first kappa shape index (κ1) is 22.0. The van der Waals surface area contributed by atoms with Gasteiger partial charge in [0.2, 0.25) is 5.95 Å². The van der Waals surface area contributed by atoms with Gasteiger partial charge in [-0.05, 0) is 24.5 Å². The quantitative estimate of drug-likeness (QED) is 0.523. The zero-order valence-corrected chi connectivity index (χ0v) is 19.8. The highest BCUT2D eigenvalue weighted by molar-refractivity contribution is 6.35. The number of aryl methyl sites for hydroxylation is 2. The fraction of sp³-hybridized carbons (Fsp3) is 0.333. The van der Waals surface area contributed by atoms with Crippen molar-refractivity contribution in [3.05, 3.63) is 64.1 Å². The molecule has 0 saturated heterocycles. The molecule has 0 spiro atoms. The van der Waals surface area contributed by atoms with Crippen LogP contribution in [0.2, 0.25) is 5.02 Å². The molecule has 1 aliphatic carbocycles. The maximum absolute atomic E-state index is 8.69. The SMILES string of the molecule is CN/C(=C1\C(=N)CCc2cnc(Nc3cc(C(C)(C)C)nn3C)nc21)c1ccccc1Cl. The Morgan fingerprint density at radius 2 is 1.94 bits per heavy atom. The third kappa shape index (κ3) is 4.12. The standard InChI is InChI=1S/C24H28ClN7/c1-24(2,3)18-12-19(32(5)31-18)29-23-28-13-14-10-11-17(26)20(21(14)30-23)22(27-4)15-8-6-7-9-16(15)25/h6-9,12-13,26-27H,10-11H2,1-5H3,(H,28,29,30)/b22-20+,26-17?. The molecule has 0 unspecified atom stereocenters. The summed E-state index contributed by atoms with van der Waals surface area (Å²) < 4.78 is 1.80. The van der Waals surface area contributed by atoms with Crippen molar-refractivity contribution in [2.45, 2.75) is 39.0 Å². The summed E-state index contributed by atoms with van der Waals surface area (Å²) >= 11 is 6.49. The van der Waals surface area contributed by atoms with Gasteiger partial charge in [0.25, 0.3) is 0 Å². The van der Waals surface area contributed by atoms with Crippen LogP contribution in [0.3, 0.4) is 0 Å². The lowest BCUT2D eigenvalue weighted by molar-refractivity contribution is 0.553. The molecule has 4 rings (SSSR count). The molecule has 0 aliphatic heterocycles. The molecular formula is C24H28ClN7. The minimum Gasteiger partial charge on any atom is -0.387 e. The molecule has 1 aliphatic rings. The van der Waals surface area contributed by atoms with Crippen molar-refractivity contribution in [3.63, 3.8) is 0 Å². The van der Waals surface area contributed by atoms with Crippen LogP contribution in [0.4, 0.5) is 11.8 Å². The van der Waals surface area contributed by atoms with Gasteiger partial charge >= 0.3 is 0 Å². The highest BCUT2D eigenvalue weighted by Crippen LogP contribution is 2.35. The third-order valence-corrected chi connectivity index (χ3v) is 5.91. The Bertz CT molecular complexity index is 1220. The second-order valence-electron chi connectivity index (χ2n) is 8.94. The minimum absolute atomic E-state index is 0.0595. The summed E-state index contributed by atoms with van der Waals surface area (Å²) in [5.41, 5.74) is 5.62. The first-order chi connectivity index (χ1) is 15.2. The van der Waals surface area contributed by atoms with E-state index >= 15 is 0 Å². The first-order valence-electron chi connectivity index (χ1n) is 10.6. The second-order valence-corrected chi connectivity index (χ2v) is 9.35. The van der Waals surface area contributed by atoms with E-state index in [-0.39, 0.29) is 5.41 Å². The molecule has 8 heteroatoms. The van der Waals surface area contributed by atoms with Crippen molar-refractivity contribution in [2.24, 2.45) is 7.05 Å².